The lowest BCUT2D eigenvalue weighted by Gasteiger charge is -2.35. The summed E-state index contributed by atoms with van der Waals surface area (Å²) in [5.74, 6) is 0. The maximum Gasteiger partial charge on any atom is 0.129 e. The van der Waals surface area contributed by atoms with Gasteiger partial charge >= 0.3 is 0 Å². The molecule has 1 aliphatic heterocycles. The average molecular weight is 235 g/mol. The van der Waals surface area contributed by atoms with E-state index in [1.54, 1.807) is 0 Å². The molecule has 1 aliphatic rings. The molecule has 0 N–H and O–H groups in total. The lowest BCUT2D eigenvalue weighted by Crippen LogP contribution is -2.45. The molecule has 18 heavy (non-hydrogen) atoms. The standard InChI is InChI=1S/C16H13NO/c17-10-16(11-18-12-16)15-8-6-14(7-9-15)13-4-2-1-3-5-13/h1-9H,11-12H2. The van der Waals surface area contributed by atoms with Gasteiger partial charge in [0.25, 0.3) is 0 Å². The van der Waals surface area contributed by atoms with Gasteiger partial charge in [0.1, 0.15) is 5.41 Å². The van der Waals surface area contributed by atoms with Gasteiger partial charge in [-0.1, -0.05) is 54.6 Å². The van der Waals surface area contributed by atoms with Crippen molar-refractivity contribution in [3.63, 3.8) is 0 Å². The minimum atomic E-state index is -0.421. The second-order valence-corrected chi connectivity index (χ2v) is 4.63. The van der Waals surface area contributed by atoms with E-state index in [4.69, 9.17) is 4.74 Å². The maximum atomic E-state index is 9.25. The third kappa shape index (κ3) is 1.70. The minimum Gasteiger partial charge on any atom is -0.377 e. The summed E-state index contributed by atoms with van der Waals surface area (Å²) in [6.45, 7) is 1.02. The Balaban J connectivity index is 1.93. The van der Waals surface area contributed by atoms with Crippen LogP contribution in [0.4, 0.5) is 0 Å². The SMILES string of the molecule is N#CC1(c2ccc(-c3ccccc3)cc2)COC1. The van der Waals surface area contributed by atoms with Gasteiger partial charge in [-0.25, -0.2) is 0 Å². The van der Waals surface area contributed by atoms with Crippen LogP contribution in [0.15, 0.2) is 54.6 Å². The van der Waals surface area contributed by atoms with E-state index in [2.05, 4.69) is 30.3 Å². The summed E-state index contributed by atoms with van der Waals surface area (Å²) in [4.78, 5) is 0. The molecule has 3 rings (SSSR count). The lowest BCUT2D eigenvalue weighted by molar-refractivity contribution is -0.0298. The first-order valence-electron chi connectivity index (χ1n) is 5.99. The molecule has 2 heteroatoms. The van der Waals surface area contributed by atoms with Gasteiger partial charge in [0.05, 0.1) is 19.3 Å². The number of rotatable bonds is 2. The van der Waals surface area contributed by atoms with Crippen molar-refractivity contribution < 1.29 is 4.74 Å². The van der Waals surface area contributed by atoms with E-state index < -0.39 is 5.41 Å². The van der Waals surface area contributed by atoms with Crippen molar-refractivity contribution in [3.05, 3.63) is 60.2 Å². The van der Waals surface area contributed by atoms with Crippen molar-refractivity contribution in [1.82, 2.24) is 0 Å². The fourth-order valence-electron chi connectivity index (χ4n) is 2.21. The number of benzene rings is 2. The van der Waals surface area contributed by atoms with E-state index in [9.17, 15) is 5.26 Å². The summed E-state index contributed by atoms with van der Waals surface area (Å²) >= 11 is 0. The van der Waals surface area contributed by atoms with Crippen LogP contribution in [0, 0.1) is 11.3 Å². The Labute approximate surface area is 106 Å². The smallest absolute Gasteiger partial charge is 0.129 e. The molecule has 1 fully saturated rings. The van der Waals surface area contributed by atoms with E-state index in [1.807, 2.05) is 30.3 Å². The molecule has 0 radical (unpaired) electrons. The van der Waals surface area contributed by atoms with E-state index in [1.165, 1.54) is 11.1 Å². The van der Waals surface area contributed by atoms with Gasteiger partial charge in [-0.15, -0.1) is 0 Å². The lowest BCUT2D eigenvalue weighted by atomic mass is 9.80. The predicted molar refractivity (Wildman–Crippen MR) is 70.0 cm³/mol. The Morgan fingerprint density at radius 3 is 2.00 bits per heavy atom. The molecular weight excluding hydrogens is 222 g/mol. The largest absolute Gasteiger partial charge is 0.377 e. The number of hydrogen-bond donors (Lipinski definition) is 0. The number of ether oxygens (including phenoxy) is 1. The van der Waals surface area contributed by atoms with Crippen LogP contribution in [0.25, 0.3) is 11.1 Å². The first kappa shape index (κ1) is 11.0. The molecule has 1 heterocycles. The van der Waals surface area contributed by atoms with Gasteiger partial charge in [0.2, 0.25) is 0 Å². The van der Waals surface area contributed by atoms with Crippen LogP contribution in [-0.4, -0.2) is 13.2 Å². The fourth-order valence-corrected chi connectivity index (χ4v) is 2.21. The molecule has 0 amide bonds. The van der Waals surface area contributed by atoms with Gasteiger partial charge in [0, 0.05) is 0 Å². The monoisotopic (exact) mass is 235 g/mol. The summed E-state index contributed by atoms with van der Waals surface area (Å²) in [5.41, 5.74) is 3.00. The van der Waals surface area contributed by atoms with Crippen molar-refractivity contribution in [3.8, 4) is 17.2 Å². The minimum absolute atomic E-state index is 0.421. The first-order valence-corrected chi connectivity index (χ1v) is 5.99. The van der Waals surface area contributed by atoms with Crippen LogP contribution in [-0.2, 0) is 10.2 Å². The molecule has 0 aromatic heterocycles. The Bertz CT molecular complexity index is 577. The molecule has 0 bridgehead atoms. The third-order valence-corrected chi connectivity index (χ3v) is 3.46. The van der Waals surface area contributed by atoms with Crippen LogP contribution in [0.2, 0.25) is 0 Å². The molecule has 88 valence electrons. The van der Waals surface area contributed by atoms with E-state index in [-0.39, 0.29) is 0 Å². The van der Waals surface area contributed by atoms with E-state index in [0.717, 1.165) is 5.56 Å². The normalized spacial score (nSPS) is 16.6. The van der Waals surface area contributed by atoms with Crippen molar-refractivity contribution >= 4 is 0 Å². The molecular formula is C16H13NO. The molecule has 0 unspecified atom stereocenters. The average Bonchev–Trinajstić information content (AvgIpc) is 2.40. The zero-order valence-corrected chi connectivity index (χ0v) is 9.97. The zero-order chi connectivity index (χ0) is 12.4. The molecule has 2 nitrogen and oxygen atoms in total. The van der Waals surface area contributed by atoms with Gasteiger partial charge in [-0.2, -0.15) is 5.26 Å². The van der Waals surface area contributed by atoms with Gasteiger partial charge in [-0.3, -0.25) is 0 Å². The van der Waals surface area contributed by atoms with Crippen LogP contribution < -0.4 is 0 Å². The number of hydrogen-bond acceptors (Lipinski definition) is 2. The van der Waals surface area contributed by atoms with Gasteiger partial charge in [0.15, 0.2) is 0 Å². The maximum absolute atomic E-state index is 9.25. The summed E-state index contributed by atoms with van der Waals surface area (Å²) in [5, 5.41) is 9.25. The van der Waals surface area contributed by atoms with Crippen molar-refractivity contribution in [2.45, 2.75) is 5.41 Å². The summed E-state index contributed by atoms with van der Waals surface area (Å²) in [7, 11) is 0. The highest BCUT2D eigenvalue weighted by Crippen LogP contribution is 2.32. The fraction of sp³-hybridized carbons (Fsp3) is 0.188. The molecule has 0 saturated carbocycles. The van der Waals surface area contributed by atoms with Crippen LogP contribution >= 0.6 is 0 Å². The highest BCUT2D eigenvalue weighted by molar-refractivity contribution is 5.64. The summed E-state index contributed by atoms with van der Waals surface area (Å²) < 4.78 is 5.18. The first-order chi connectivity index (χ1) is 8.84. The highest BCUT2D eigenvalue weighted by atomic mass is 16.5. The second kappa shape index (κ2) is 4.29. The van der Waals surface area contributed by atoms with Gasteiger partial charge in [-0.05, 0) is 16.7 Å². The van der Waals surface area contributed by atoms with E-state index >= 15 is 0 Å². The Morgan fingerprint density at radius 1 is 0.889 bits per heavy atom. The Kier molecular flexibility index (Phi) is 2.62. The van der Waals surface area contributed by atoms with Crippen molar-refractivity contribution in [1.29, 1.82) is 5.26 Å². The highest BCUT2D eigenvalue weighted by Gasteiger charge is 2.40. The molecule has 0 aliphatic carbocycles. The molecule has 2 aromatic carbocycles. The third-order valence-electron chi connectivity index (χ3n) is 3.46. The quantitative estimate of drug-likeness (QED) is 0.801. The summed E-state index contributed by atoms with van der Waals surface area (Å²) in [6, 6.07) is 20.8. The van der Waals surface area contributed by atoms with Crippen LogP contribution in [0.5, 0.6) is 0 Å². The predicted octanol–water partition coefficient (Wildman–Crippen LogP) is 3.15. The van der Waals surface area contributed by atoms with Crippen LogP contribution in [0.1, 0.15) is 5.56 Å². The Hall–Kier alpha value is -2.11. The van der Waals surface area contributed by atoms with Crippen molar-refractivity contribution in [2.24, 2.45) is 0 Å². The summed E-state index contributed by atoms with van der Waals surface area (Å²) in [6.07, 6.45) is 0. The molecule has 2 aromatic rings. The molecule has 0 spiro atoms. The van der Waals surface area contributed by atoms with Crippen LogP contribution in [0.3, 0.4) is 0 Å². The second-order valence-electron chi connectivity index (χ2n) is 4.63. The molecule has 0 atom stereocenters. The van der Waals surface area contributed by atoms with Crippen molar-refractivity contribution in [2.75, 3.05) is 13.2 Å². The van der Waals surface area contributed by atoms with E-state index in [0.29, 0.717) is 13.2 Å². The molecule has 1 saturated heterocycles. The number of nitrogens with zero attached hydrogens (tertiary/aromatic N) is 1. The van der Waals surface area contributed by atoms with Gasteiger partial charge < -0.3 is 4.74 Å². The number of nitriles is 1. The zero-order valence-electron chi connectivity index (χ0n) is 9.97. The Morgan fingerprint density at radius 2 is 1.50 bits per heavy atom. The topological polar surface area (TPSA) is 33.0 Å².